The Kier molecular flexibility index (Phi) is 3.45. The number of aromatic nitrogens is 1. The topological polar surface area (TPSA) is 71.3 Å². The SMILES string of the molecule is CCNC(=O)c1c(O)c2sc(Br)cc2n(C)c1=O. The van der Waals surface area contributed by atoms with Crippen LogP contribution in [0.5, 0.6) is 5.75 Å². The van der Waals surface area contributed by atoms with Gasteiger partial charge in [0.1, 0.15) is 5.56 Å². The summed E-state index contributed by atoms with van der Waals surface area (Å²) in [7, 11) is 1.58. The lowest BCUT2D eigenvalue weighted by Crippen LogP contribution is -2.32. The molecule has 2 aromatic rings. The number of hydrogen-bond donors (Lipinski definition) is 2. The quantitative estimate of drug-likeness (QED) is 0.882. The van der Waals surface area contributed by atoms with Crippen LogP contribution in [0.3, 0.4) is 0 Å². The number of fused-ring (bicyclic) bond motifs is 1. The largest absolute Gasteiger partial charge is 0.505 e. The van der Waals surface area contributed by atoms with E-state index in [1.54, 1.807) is 20.0 Å². The van der Waals surface area contributed by atoms with E-state index in [-0.39, 0.29) is 11.3 Å². The first-order valence-corrected chi connectivity index (χ1v) is 6.87. The second kappa shape index (κ2) is 4.74. The minimum atomic E-state index is -0.554. The van der Waals surface area contributed by atoms with Crippen LogP contribution in [-0.4, -0.2) is 22.1 Å². The smallest absolute Gasteiger partial charge is 0.267 e. The first-order chi connectivity index (χ1) is 8.47. The van der Waals surface area contributed by atoms with Gasteiger partial charge in [-0.2, -0.15) is 0 Å². The molecule has 0 aliphatic heterocycles. The van der Waals surface area contributed by atoms with Crippen LogP contribution in [0.4, 0.5) is 0 Å². The van der Waals surface area contributed by atoms with Gasteiger partial charge in [-0.3, -0.25) is 9.59 Å². The fourth-order valence-corrected chi connectivity index (χ4v) is 3.28. The first-order valence-electron chi connectivity index (χ1n) is 5.26. The normalized spacial score (nSPS) is 10.8. The molecule has 2 aromatic heterocycles. The average Bonchev–Trinajstić information content (AvgIpc) is 2.69. The number of aryl methyl sites for hydroxylation is 1. The van der Waals surface area contributed by atoms with E-state index in [1.807, 2.05) is 0 Å². The second-order valence-electron chi connectivity index (χ2n) is 3.71. The molecule has 0 radical (unpaired) electrons. The molecule has 0 fully saturated rings. The Morgan fingerprint density at radius 3 is 2.89 bits per heavy atom. The lowest BCUT2D eigenvalue weighted by molar-refractivity contribution is 0.0951. The van der Waals surface area contributed by atoms with Gasteiger partial charge < -0.3 is 15.0 Å². The zero-order valence-corrected chi connectivity index (χ0v) is 12.2. The zero-order valence-electron chi connectivity index (χ0n) is 9.78. The molecule has 0 aliphatic carbocycles. The van der Waals surface area contributed by atoms with Crippen molar-refractivity contribution in [2.24, 2.45) is 7.05 Å². The van der Waals surface area contributed by atoms with Gasteiger partial charge >= 0.3 is 0 Å². The van der Waals surface area contributed by atoms with Gasteiger partial charge in [0.05, 0.1) is 14.0 Å². The van der Waals surface area contributed by atoms with Gasteiger partial charge in [0.15, 0.2) is 5.75 Å². The summed E-state index contributed by atoms with van der Waals surface area (Å²) in [5.41, 5.74) is -0.111. The van der Waals surface area contributed by atoms with Crippen LogP contribution in [0, 0.1) is 0 Å². The van der Waals surface area contributed by atoms with Gasteiger partial charge in [0.2, 0.25) is 0 Å². The standard InChI is InChI=1S/C11H11BrN2O3S/c1-3-13-10(16)7-8(15)9-5(4-6(12)18-9)14(2)11(7)17/h4,15H,3H2,1-2H3,(H,13,16). The van der Waals surface area contributed by atoms with Crippen LogP contribution in [0.25, 0.3) is 10.2 Å². The van der Waals surface area contributed by atoms with Crippen LogP contribution >= 0.6 is 27.3 Å². The Morgan fingerprint density at radius 1 is 1.61 bits per heavy atom. The molecule has 1 amide bonds. The number of nitrogens with one attached hydrogen (secondary N) is 1. The molecule has 0 atom stereocenters. The molecule has 0 bridgehead atoms. The predicted octanol–water partition coefficient (Wildman–Crippen LogP) is 1.82. The maximum atomic E-state index is 12.1. The fraction of sp³-hybridized carbons (Fsp3) is 0.273. The fourth-order valence-electron chi connectivity index (χ4n) is 1.72. The highest BCUT2D eigenvalue weighted by molar-refractivity contribution is 9.11. The van der Waals surface area contributed by atoms with Crippen molar-refractivity contribution >= 4 is 43.4 Å². The number of carbonyl (C=O) groups is 1. The maximum Gasteiger partial charge on any atom is 0.267 e. The third-order valence-corrected chi connectivity index (χ3v) is 4.21. The van der Waals surface area contributed by atoms with Crippen LogP contribution in [0.2, 0.25) is 0 Å². The highest BCUT2D eigenvalue weighted by Gasteiger charge is 2.21. The van der Waals surface area contributed by atoms with Crippen molar-refractivity contribution in [3.8, 4) is 5.75 Å². The number of carbonyl (C=O) groups excluding carboxylic acids is 1. The molecule has 96 valence electrons. The number of halogens is 1. The van der Waals surface area contributed by atoms with Gasteiger partial charge in [-0.05, 0) is 28.9 Å². The molecule has 0 spiro atoms. The Bertz CT molecular complexity index is 690. The van der Waals surface area contributed by atoms with Crippen LogP contribution < -0.4 is 10.9 Å². The highest BCUT2D eigenvalue weighted by Crippen LogP contribution is 2.35. The molecule has 0 aromatic carbocycles. The lowest BCUT2D eigenvalue weighted by Gasteiger charge is -2.08. The number of amides is 1. The molecule has 0 aliphatic rings. The summed E-state index contributed by atoms with van der Waals surface area (Å²) in [4.78, 5) is 23.9. The summed E-state index contributed by atoms with van der Waals surface area (Å²) in [6.45, 7) is 2.15. The molecule has 0 saturated heterocycles. The molecular formula is C11H11BrN2O3S. The first kappa shape index (κ1) is 13.1. The minimum Gasteiger partial charge on any atom is -0.505 e. The summed E-state index contributed by atoms with van der Waals surface area (Å²) in [5.74, 6) is -0.809. The zero-order chi connectivity index (χ0) is 13.4. The monoisotopic (exact) mass is 330 g/mol. The van der Waals surface area contributed by atoms with E-state index in [4.69, 9.17) is 0 Å². The van der Waals surface area contributed by atoms with Crippen LogP contribution in [0.15, 0.2) is 14.6 Å². The van der Waals surface area contributed by atoms with Crippen LogP contribution in [-0.2, 0) is 7.05 Å². The van der Waals surface area contributed by atoms with Crippen molar-refractivity contribution in [3.05, 3.63) is 25.8 Å². The Hall–Kier alpha value is -1.34. The number of hydrogen-bond acceptors (Lipinski definition) is 4. The molecule has 2 N–H and O–H groups in total. The van der Waals surface area contributed by atoms with Crippen molar-refractivity contribution in [1.82, 2.24) is 9.88 Å². The molecule has 0 saturated carbocycles. The van der Waals surface area contributed by atoms with E-state index in [0.29, 0.717) is 16.8 Å². The van der Waals surface area contributed by atoms with Gasteiger partial charge in [0, 0.05) is 13.6 Å². The molecule has 2 rings (SSSR count). The Balaban J connectivity index is 2.82. The lowest BCUT2D eigenvalue weighted by atomic mass is 10.2. The van der Waals surface area contributed by atoms with Crippen molar-refractivity contribution in [2.45, 2.75) is 6.92 Å². The molecule has 5 nitrogen and oxygen atoms in total. The molecule has 0 unspecified atom stereocenters. The summed E-state index contributed by atoms with van der Waals surface area (Å²) in [6, 6.07) is 1.74. The third kappa shape index (κ3) is 1.93. The minimum absolute atomic E-state index is 0.207. The summed E-state index contributed by atoms with van der Waals surface area (Å²) in [6.07, 6.45) is 0. The van der Waals surface area contributed by atoms with E-state index < -0.39 is 11.5 Å². The Labute approximate surface area is 115 Å². The van der Waals surface area contributed by atoms with E-state index in [2.05, 4.69) is 21.2 Å². The Morgan fingerprint density at radius 2 is 2.28 bits per heavy atom. The highest BCUT2D eigenvalue weighted by atomic mass is 79.9. The van der Waals surface area contributed by atoms with Gasteiger partial charge in [-0.15, -0.1) is 11.3 Å². The van der Waals surface area contributed by atoms with E-state index in [1.165, 1.54) is 15.9 Å². The van der Waals surface area contributed by atoms with Crippen molar-refractivity contribution in [1.29, 1.82) is 0 Å². The van der Waals surface area contributed by atoms with Crippen LogP contribution in [0.1, 0.15) is 17.3 Å². The van der Waals surface area contributed by atoms with Gasteiger partial charge in [-0.25, -0.2) is 0 Å². The number of thiophene rings is 1. The molecular weight excluding hydrogens is 320 g/mol. The van der Waals surface area contributed by atoms with Crippen molar-refractivity contribution in [3.63, 3.8) is 0 Å². The van der Waals surface area contributed by atoms with Gasteiger partial charge in [-0.1, -0.05) is 0 Å². The van der Waals surface area contributed by atoms with Gasteiger partial charge in [0.25, 0.3) is 11.5 Å². The third-order valence-electron chi connectivity index (χ3n) is 2.58. The van der Waals surface area contributed by atoms with E-state index >= 15 is 0 Å². The summed E-state index contributed by atoms with van der Waals surface area (Å²) < 4.78 is 2.67. The molecule has 18 heavy (non-hydrogen) atoms. The van der Waals surface area contributed by atoms with Crippen molar-refractivity contribution in [2.75, 3.05) is 6.54 Å². The van der Waals surface area contributed by atoms with E-state index in [0.717, 1.165) is 3.79 Å². The number of rotatable bonds is 2. The average molecular weight is 331 g/mol. The summed E-state index contributed by atoms with van der Waals surface area (Å²) >= 11 is 4.58. The number of pyridine rings is 1. The summed E-state index contributed by atoms with van der Waals surface area (Å²) in [5, 5.41) is 12.6. The predicted molar refractivity (Wildman–Crippen MR) is 74.4 cm³/mol. The number of nitrogens with zero attached hydrogens (tertiary/aromatic N) is 1. The van der Waals surface area contributed by atoms with Crippen molar-refractivity contribution < 1.29 is 9.90 Å². The number of aromatic hydroxyl groups is 1. The maximum absolute atomic E-state index is 12.1. The second-order valence-corrected chi connectivity index (χ2v) is 6.14. The molecule has 2 heterocycles. The van der Waals surface area contributed by atoms with E-state index in [9.17, 15) is 14.7 Å². The molecule has 7 heteroatoms.